The summed E-state index contributed by atoms with van der Waals surface area (Å²) in [7, 11) is 0.411. The van der Waals surface area contributed by atoms with Gasteiger partial charge in [0, 0.05) is 15.5 Å². The highest BCUT2D eigenvalue weighted by Gasteiger charge is 2.19. The van der Waals surface area contributed by atoms with Crippen LogP contribution in [-0.4, -0.2) is 15.3 Å². The summed E-state index contributed by atoms with van der Waals surface area (Å²) in [5.74, 6) is 0.401. The monoisotopic (exact) mass is 322 g/mol. The van der Waals surface area contributed by atoms with Gasteiger partial charge in [-0.05, 0) is 36.7 Å². The molecule has 3 heteroatoms. The molecule has 0 bridgehead atoms. The number of hydrogen-bond acceptors (Lipinski definition) is 1. The number of phenols is 1. The molecule has 3 aromatic carbocycles. The van der Waals surface area contributed by atoms with Crippen LogP contribution in [0.2, 0.25) is 0 Å². The van der Waals surface area contributed by atoms with Gasteiger partial charge < -0.3 is 5.11 Å². The van der Waals surface area contributed by atoms with Gasteiger partial charge in [0.1, 0.15) is 5.75 Å². The molecule has 0 aliphatic heterocycles. The predicted octanol–water partition coefficient (Wildman–Crippen LogP) is 2.02. The van der Waals surface area contributed by atoms with Crippen LogP contribution < -0.4 is 15.9 Å². The van der Waals surface area contributed by atoms with Crippen LogP contribution in [0.4, 0.5) is 0 Å². The third-order valence-electron chi connectivity index (χ3n) is 3.72. The summed E-state index contributed by atoms with van der Waals surface area (Å²) in [6.45, 7) is 0. The van der Waals surface area contributed by atoms with Crippen molar-refractivity contribution in [1.29, 1.82) is 0 Å². The second kappa shape index (κ2) is 6.91. The van der Waals surface area contributed by atoms with E-state index in [0.717, 1.165) is 21.6 Å². The SMILES string of the molecule is Oc1ccc(C[SiH3])cc1P(c1ccccc1)c1ccccc1. The summed E-state index contributed by atoms with van der Waals surface area (Å²) in [6, 6.07) is 28.2. The molecule has 0 atom stereocenters. The average Bonchev–Trinajstić information content (AvgIpc) is 2.59. The van der Waals surface area contributed by atoms with Crippen LogP contribution in [0.25, 0.3) is 0 Å². The minimum Gasteiger partial charge on any atom is -0.507 e. The van der Waals surface area contributed by atoms with Gasteiger partial charge in [0.05, 0.1) is 0 Å². The fraction of sp³-hybridized carbons (Fsp3) is 0.0526. The minimum absolute atomic E-state index is 0.401. The zero-order valence-electron chi connectivity index (χ0n) is 12.6. The number of benzene rings is 3. The van der Waals surface area contributed by atoms with Crippen LogP contribution in [0.3, 0.4) is 0 Å². The molecule has 0 aliphatic rings. The van der Waals surface area contributed by atoms with Crippen molar-refractivity contribution in [2.45, 2.75) is 6.04 Å². The van der Waals surface area contributed by atoms with Crippen LogP contribution in [0.5, 0.6) is 5.75 Å². The first-order valence-corrected chi connectivity index (χ1v) is 10.3. The first-order chi connectivity index (χ1) is 10.8. The average molecular weight is 322 g/mol. The Kier molecular flexibility index (Phi) is 4.72. The van der Waals surface area contributed by atoms with Gasteiger partial charge in [-0.25, -0.2) is 0 Å². The van der Waals surface area contributed by atoms with Crippen molar-refractivity contribution >= 4 is 34.1 Å². The van der Waals surface area contributed by atoms with E-state index in [1.165, 1.54) is 16.2 Å². The maximum Gasteiger partial charge on any atom is 0.123 e. The molecule has 0 unspecified atom stereocenters. The van der Waals surface area contributed by atoms with Gasteiger partial charge in [-0.3, -0.25) is 0 Å². The number of rotatable bonds is 4. The Morgan fingerprint density at radius 3 is 1.82 bits per heavy atom. The van der Waals surface area contributed by atoms with Crippen LogP contribution in [0.15, 0.2) is 78.9 Å². The molecule has 0 spiro atoms. The van der Waals surface area contributed by atoms with E-state index in [1.807, 2.05) is 24.3 Å². The second-order valence-electron chi connectivity index (χ2n) is 5.18. The van der Waals surface area contributed by atoms with Crippen molar-refractivity contribution in [3.05, 3.63) is 84.4 Å². The van der Waals surface area contributed by atoms with Gasteiger partial charge in [0.25, 0.3) is 0 Å². The molecule has 0 saturated heterocycles. The highest BCUT2D eigenvalue weighted by Crippen LogP contribution is 2.36. The summed E-state index contributed by atoms with van der Waals surface area (Å²) in [6.07, 6.45) is 0. The maximum atomic E-state index is 10.5. The first-order valence-electron chi connectivity index (χ1n) is 7.51. The topological polar surface area (TPSA) is 20.2 Å². The van der Waals surface area contributed by atoms with Crippen LogP contribution >= 0.6 is 7.92 Å². The quantitative estimate of drug-likeness (QED) is 0.575. The van der Waals surface area contributed by atoms with Gasteiger partial charge in [-0.15, -0.1) is 0 Å². The Labute approximate surface area is 135 Å². The van der Waals surface area contributed by atoms with Gasteiger partial charge in [-0.2, -0.15) is 0 Å². The zero-order valence-corrected chi connectivity index (χ0v) is 15.5. The van der Waals surface area contributed by atoms with E-state index in [4.69, 9.17) is 0 Å². The van der Waals surface area contributed by atoms with Crippen LogP contribution in [0, 0.1) is 0 Å². The predicted molar refractivity (Wildman–Crippen MR) is 100 cm³/mol. The highest BCUT2D eigenvalue weighted by atomic mass is 31.1. The minimum atomic E-state index is -0.723. The molecule has 0 fully saturated rings. The number of aromatic hydroxyl groups is 1. The van der Waals surface area contributed by atoms with E-state index < -0.39 is 7.92 Å². The smallest absolute Gasteiger partial charge is 0.123 e. The zero-order chi connectivity index (χ0) is 15.4. The first kappa shape index (κ1) is 15.0. The van der Waals surface area contributed by atoms with Gasteiger partial charge >= 0.3 is 0 Å². The second-order valence-corrected chi connectivity index (χ2v) is 8.08. The lowest BCUT2D eigenvalue weighted by molar-refractivity contribution is 0.479. The Morgan fingerprint density at radius 1 is 0.773 bits per heavy atom. The Morgan fingerprint density at radius 2 is 1.32 bits per heavy atom. The lowest BCUT2D eigenvalue weighted by Crippen LogP contribution is -2.21. The summed E-state index contributed by atoms with van der Waals surface area (Å²) < 4.78 is 0. The summed E-state index contributed by atoms with van der Waals surface area (Å²) in [4.78, 5) is 0. The highest BCUT2D eigenvalue weighted by molar-refractivity contribution is 7.80. The third kappa shape index (κ3) is 3.14. The number of phenolic OH excluding ortho intramolecular Hbond substituents is 1. The Hall–Kier alpha value is -1.89. The normalized spacial score (nSPS) is 11.0. The molecular weight excluding hydrogens is 303 g/mol. The molecule has 110 valence electrons. The lowest BCUT2D eigenvalue weighted by atomic mass is 10.2. The molecule has 0 amide bonds. The molecule has 1 N–H and O–H groups in total. The van der Waals surface area contributed by atoms with Gasteiger partial charge in [0.15, 0.2) is 0 Å². The molecule has 3 aromatic rings. The fourth-order valence-corrected chi connectivity index (χ4v) is 5.38. The van der Waals surface area contributed by atoms with Crippen molar-refractivity contribution in [2.75, 3.05) is 0 Å². The molecule has 22 heavy (non-hydrogen) atoms. The molecule has 0 heterocycles. The molecular formula is C19H19OPSi. The van der Waals surface area contributed by atoms with Crippen molar-refractivity contribution in [3.8, 4) is 5.75 Å². The maximum absolute atomic E-state index is 10.5. The molecule has 3 rings (SSSR count). The third-order valence-corrected chi connectivity index (χ3v) is 7.00. The van der Waals surface area contributed by atoms with E-state index >= 15 is 0 Å². The Bertz CT molecular complexity index is 704. The largest absolute Gasteiger partial charge is 0.507 e. The summed E-state index contributed by atoms with van der Waals surface area (Å²) >= 11 is 0. The van der Waals surface area contributed by atoms with E-state index in [2.05, 4.69) is 54.6 Å². The molecule has 0 aliphatic carbocycles. The molecule has 0 aromatic heterocycles. The van der Waals surface area contributed by atoms with Crippen molar-refractivity contribution in [2.24, 2.45) is 0 Å². The summed E-state index contributed by atoms with van der Waals surface area (Å²) in [5, 5.41) is 14.0. The Balaban J connectivity index is 2.18. The summed E-state index contributed by atoms with van der Waals surface area (Å²) in [5.41, 5.74) is 1.32. The fourth-order valence-electron chi connectivity index (χ4n) is 2.55. The standard InChI is InChI=1S/C19H19OPSi/c20-18-12-11-15(14-22)13-19(18)21(16-7-3-1-4-8-16)17-9-5-2-6-10-17/h1-13,20H,14H2,22H3. The van der Waals surface area contributed by atoms with E-state index in [0.29, 0.717) is 5.75 Å². The van der Waals surface area contributed by atoms with E-state index in [1.54, 1.807) is 0 Å². The van der Waals surface area contributed by atoms with E-state index in [-0.39, 0.29) is 0 Å². The van der Waals surface area contributed by atoms with Gasteiger partial charge in [0.2, 0.25) is 0 Å². The van der Waals surface area contributed by atoms with Crippen molar-refractivity contribution in [1.82, 2.24) is 0 Å². The van der Waals surface area contributed by atoms with Crippen LogP contribution in [0.1, 0.15) is 5.56 Å². The molecule has 0 radical (unpaired) electrons. The van der Waals surface area contributed by atoms with Crippen LogP contribution in [-0.2, 0) is 6.04 Å². The molecule has 1 nitrogen and oxygen atoms in total. The van der Waals surface area contributed by atoms with E-state index in [9.17, 15) is 5.11 Å². The van der Waals surface area contributed by atoms with Crippen molar-refractivity contribution in [3.63, 3.8) is 0 Å². The lowest BCUT2D eigenvalue weighted by Gasteiger charge is -2.21. The molecule has 0 saturated carbocycles. The van der Waals surface area contributed by atoms with Gasteiger partial charge in [-0.1, -0.05) is 72.3 Å². The number of hydrogen-bond donors (Lipinski definition) is 1. The van der Waals surface area contributed by atoms with Crippen molar-refractivity contribution < 1.29 is 5.11 Å².